The van der Waals surface area contributed by atoms with E-state index in [0.717, 1.165) is 18.4 Å². The first-order valence-corrected chi connectivity index (χ1v) is 6.12. The van der Waals surface area contributed by atoms with E-state index in [1.807, 2.05) is 6.08 Å². The third-order valence-electron chi connectivity index (χ3n) is 3.91. The van der Waals surface area contributed by atoms with Gasteiger partial charge >= 0.3 is 0 Å². The van der Waals surface area contributed by atoms with Crippen LogP contribution in [0.1, 0.15) is 51.4 Å². The zero-order valence-electron chi connectivity index (χ0n) is 9.43. The smallest absolute Gasteiger partial charge is 0.158 e. The van der Waals surface area contributed by atoms with Gasteiger partial charge < -0.3 is 0 Å². The van der Waals surface area contributed by atoms with Gasteiger partial charge in [-0.2, -0.15) is 0 Å². The molecule has 1 heteroatoms. The molecule has 0 radical (unpaired) electrons. The maximum Gasteiger partial charge on any atom is 0.158 e. The molecule has 0 unspecified atom stereocenters. The summed E-state index contributed by atoms with van der Waals surface area (Å²) in [7, 11) is 0. The standard InChI is InChI=1S/C14H20O/c1-2-3-6-13(15)12-7-10-14(11-12)8-4-5-9-14/h2,11H,1,3-10H2. The second-order valence-corrected chi connectivity index (χ2v) is 4.99. The number of carbonyl (C=O) groups is 1. The molecule has 0 aliphatic heterocycles. The third kappa shape index (κ3) is 2.22. The normalized spacial score (nSPS) is 23.1. The van der Waals surface area contributed by atoms with Crippen molar-refractivity contribution < 1.29 is 4.79 Å². The molecule has 0 aromatic rings. The quantitative estimate of drug-likeness (QED) is 0.636. The molecule has 0 aromatic heterocycles. The van der Waals surface area contributed by atoms with Crippen LogP contribution >= 0.6 is 0 Å². The fourth-order valence-corrected chi connectivity index (χ4v) is 2.98. The lowest BCUT2D eigenvalue weighted by Gasteiger charge is -2.18. The molecule has 0 N–H and O–H groups in total. The number of hydrogen-bond donors (Lipinski definition) is 0. The Morgan fingerprint density at radius 2 is 2.13 bits per heavy atom. The van der Waals surface area contributed by atoms with Gasteiger partial charge in [0.05, 0.1) is 0 Å². The molecule has 0 atom stereocenters. The Kier molecular flexibility index (Phi) is 3.08. The van der Waals surface area contributed by atoms with Crippen LogP contribution in [-0.2, 0) is 4.79 Å². The van der Waals surface area contributed by atoms with Crippen LogP contribution in [0.2, 0.25) is 0 Å². The van der Waals surface area contributed by atoms with Gasteiger partial charge in [-0.15, -0.1) is 6.58 Å². The van der Waals surface area contributed by atoms with Gasteiger partial charge in [-0.1, -0.05) is 25.0 Å². The van der Waals surface area contributed by atoms with Gasteiger partial charge in [-0.3, -0.25) is 4.79 Å². The Morgan fingerprint density at radius 3 is 2.80 bits per heavy atom. The van der Waals surface area contributed by atoms with E-state index in [9.17, 15) is 4.79 Å². The Balaban J connectivity index is 1.99. The van der Waals surface area contributed by atoms with Crippen LogP contribution in [-0.4, -0.2) is 5.78 Å². The molecule has 0 aromatic carbocycles. The molecular formula is C14H20O. The summed E-state index contributed by atoms with van der Waals surface area (Å²) in [6.45, 7) is 3.66. The van der Waals surface area contributed by atoms with Crippen LogP contribution in [0.15, 0.2) is 24.3 Å². The average Bonchev–Trinajstić information content (AvgIpc) is 2.86. The second-order valence-electron chi connectivity index (χ2n) is 4.99. The molecular weight excluding hydrogens is 184 g/mol. The summed E-state index contributed by atoms with van der Waals surface area (Å²) < 4.78 is 0. The third-order valence-corrected chi connectivity index (χ3v) is 3.91. The second kappa shape index (κ2) is 4.34. The molecule has 0 saturated heterocycles. The van der Waals surface area contributed by atoms with E-state index in [0.29, 0.717) is 17.6 Å². The van der Waals surface area contributed by atoms with Crippen molar-refractivity contribution in [1.29, 1.82) is 0 Å². The van der Waals surface area contributed by atoms with Gasteiger partial charge in [0.2, 0.25) is 0 Å². The van der Waals surface area contributed by atoms with E-state index >= 15 is 0 Å². The first-order valence-electron chi connectivity index (χ1n) is 6.12. The Hall–Kier alpha value is -0.850. The van der Waals surface area contributed by atoms with Crippen molar-refractivity contribution >= 4 is 5.78 Å². The summed E-state index contributed by atoms with van der Waals surface area (Å²) in [5, 5.41) is 0. The number of hydrogen-bond acceptors (Lipinski definition) is 1. The van der Waals surface area contributed by atoms with E-state index < -0.39 is 0 Å². The maximum atomic E-state index is 11.8. The number of carbonyl (C=O) groups excluding carboxylic acids is 1. The fourth-order valence-electron chi connectivity index (χ4n) is 2.98. The van der Waals surface area contributed by atoms with Crippen LogP contribution in [0.5, 0.6) is 0 Å². The van der Waals surface area contributed by atoms with Gasteiger partial charge in [-0.25, -0.2) is 0 Å². The van der Waals surface area contributed by atoms with E-state index in [2.05, 4.69) is 12.7 Å². The van der Waals surface area contributed by atoms with Gasteiger partial charge in [0.1, 0.15) is 0 Å². The molecule has 1 spiro atoms. The van der Waals surface area contributed by atoms with Crippen molar-refractivity contribution in [2.24, 2.45) is 5.41 Å². The molecule has 15 heavy (non-hydrogen) atoms. The zero-order chi connectivity index (χ0) is 10.7. The summed E-state index contributed by atoms with van der Waals surface area (Å²) in [5.74, 6) is 0.360. The summed E-state index contributed by atoms with van der Waals surface area (Å²) in [5.41, 5.74) is 1.54. The largest absolute Gasteiger partial charge is 0.295 e. The van der Waals surface area contributed by atoms with Crippen molar-refractivity contribution in [2.75, 3.05) is 0 Å². The Morgan fingerprint density at radius 1 is 1.40 bits per heavy atom. The van der Waals surface area contributed by atoms with Crippen LogP contribution in [0, 0.1) is 5.41 Å². The Bertz CT molecular complexity index is 292. The minimum atomic E-state index is 0.360. The Labute approximate surface area is 92.3 Å². The van der Waals surface area contributed by atoms with Crippen LogP contribution < -0.4 is 0 Å². The molecule has 2 aliphatic carbocycles. The molecule has 0 bridgehead atoms. The topological polar surface area (TPSA) is 17.1 Å². The highest BCUT2D eigenvalue weighted by molar-refractivity contribution is 5.95. The average molecular weight is 204 g/mol. The van der Waals surface area contributed by atoms with E-state index in [1.165, 1.54) is 32.1 Å². The molecule has 2 aliphatic rings. The molecule has 1 fully saturated rings. The van der Waals surface area contributed by atoms with E-state index in [1.54, 1.807) is 0 Å². The van der Waals surface area contributed by atoms with Crippen molar-refractivity contribution in [3.8, 4) is 0 Å². The van der Waals surface area contributed by atoms with Gasteiger partial charge in [-0.05, 0) is 43.1 Å². The number of Topliss-reactive ketones (excluding diaryl/α,β-unsaturated/α-hetero) is 1. The summed E-state index contributed by atoms with van der Waals surface area (Å²) in [4.78, 5) is 11.8. The molecule has 0 amide bonds. The van der Waals surface area contributed by atoms with Gasteiger partial charge in [0, 0.05) is 6.42 Å². The SMILES string of the molecule is C=CCCC(=O)C1=CC2(CCCC2)CC1. The number of allylic oxidation sites excluding steroid dienone is 3. The molecule has 0 heterocycles. The first-order chi connectivity index (χ1) is 7.26. The van der Waals surface area contributed by atoms with E-state index in [4.69, 9.17) is 0 Å². The summed E-state index contributed by atoms with van der Waals surface area (Å²) >= 11 is 0. The first kappa shape index (κ1) is 10.7. The van der Waals surface area contributed by atoms with Crippen LogP contribution in [0.3, 0.4) is 0 Å². The zero-order valence-corrected chi connectivity index (χ0v) is 9.43. The molecule has 1 nitrogen and oxygen atoms in total. The number of rotatable bonds is 4. The minimum absolute atomic E-state index is 0.360. The van der Waals surface area contributed by atoms with Crippen LogP contribution in [0.4, 0.5) is 0 Å². The van der Waals surface area contributed by atoms with Crippen LogP contribution in [0.25, 0.3) is 0 Å². The lowest BCUT2D eigenvalue weighted by Crippen LogP contribution is -2.07. The molecule has 1 saturated carbocycles. The van der Waals surface area contributed by atoms with E-state index in [-0.39, 0.29) is 0 Å². The van der Waals surface area contributed by atoms with Gasteiger partial charge in [0.15, 0.2) is 5.78 Å². The predicted octanol–water partition coefficient (Wildman–Crippen LogP) is 3.80. The summed E-state index contributed by atoms with van der Waals surface area (Å²) in [6.07, 6.45) is 13.2. The molecule has 2 rings (SSSR count). The van der Waals surface area contributed by atoms with Crippen molar-refractivity contribution in [2.45, 2.75) is 51.4 Å². The monoisotopic (exact) mass is 204 g/mol. The highest BCUT2D eigenvalue weighted by Gasteiger charge is 2.36. The summed E-state index contributed by atoms with van der Waals surface area (Å²) in [6, 6.07) is 0. The fraction of sp³-hybridized carbons (Fsp3) is 0.643. The number of ketones is 1. The lowest BCUT2D eigenvalue weighted by molar-refractivity contribution is -0.115. The highest BCUT2D eigenvalue weighted by atomic mass is 16.1. The maximum absolute atomic E-state index is 11.8. The van der Waals surface area contributed by atoms with Crippen molar-refractivity contribution in [3.05, 3.63) is 24.3 Å². The predicted molar refractivity (Wildman–Crippen MR) is 62.7 cm³/mol. The highest BCUT2D eigenvalue weighted by Crippen LogP contribution is 2.48. The van der Waals surface area contributed by atoms with Gasteiger partial charge in [0.25, 0.3) is 0 Å². The molecule has 82 valence electrons. The lowest BCUT2D eigenvalue weighted by atomic mass is 9.86. The van der Waals surface area contributed by atoms with Crippen molar-refractivity contribution in [1.82, 2.24) is 0 Å². The van der Waals surface area contributed by atoms with Crippen molar-refractivity contribution in [3.63, 3.8) is 0 Å². The minimum Gasteiger partial charge on any atom is -0.295 e.